The lowest BCUT2D eigenvalue weighted by Gasteiger charge is -2.21. The molecule has 5 heteroatoms. The molecule has 0 bridgehead atoms. The molecular weight excluding hydrogens is 260 g/mol. The Kier molecular flexibility index (Phi) is 4.56. The van der Waals surface area contributed by atoms with Crippen LogP contribution in [0.1, 0.15) is 37.7 Å². The standard InChI is InChI=1S/C14H18N2O2S/c15-10-13-7-4-8-14(9-13)19(17,18)16-11-12-5-2-1-3-6-12/h4,7-9,12,16H,1-3,5-6,11H2. The van der Waals surface area contributed by atoms with Crippen molar-refractivity contribution in [3.63, 3.8) is 0 Å². The smallest absolute Gasteiger partial charge is 0.211 e. The SMILES string of the molecule is N#Cc1cccc(S(=O)(=O)NCC2CCCCC2)c1. The summed E-state index contributed by atoms with van der Waals surface area (Å²) in [5, 5.41) is 8.80. The Morgan fingerprint density at radius 3 is 2.68 bits per heavy atom. The molecule has 0 amide bonds. The van der Waals surface area contributed by atoms with E-state index in [1.54, 1.807) is 12.1 Å². The highest BCUT2D eigenvalue weighted by molar-refractivity contribution is 7.89. The predicted molar refractivity (Wildman–Crippen MR) is 72.9 cm³/mol. The lowest BCUT2D eigenvalue weighted by molar-refractivity contribution is 0.357. The molecule has 0 spiro atoms. The van der Waals surface area contributed by atoms with Crippen LogP contribution in [0.4, 0.5) is 0 Å². The molecule has 2 rings (SSSR count). The third-order valence-electron chi connectivity index (χ3n) is 3.56. The van der Waals surface area contributed by atoms with Crippen LogP contribution < -0.4 is 4.72 Å². The first-order chi connectivity index (χ1) is 9.12. The highest BCUT2D eigenvalue weighted by Gasteiger charge is 2.18. The first kappa shape index (κ1) is 14.0. The van der Waals surface area contributed by atoms with E-state index >= 15 is 0 Å². The van der Waals surface area contributed by atoms with Crippen molar-refractivity contribution in [1.82, 2.24) is 4.72 Å². The highest BCUT2D eigenvalue weighted by Crippen LogP contribution is 2.23. The predicted octanol–water partition coefficient (Wildman–Crippen LogP) is 2.42. The molecule has 102 valence electrons. The minimum absolute atomic E-state index is 0.169. The number of sulfonamides is 1. The van der Waals surface area contributed by atoms with Crippen LogP contribution in [0.25, 0.3) is 0 Å². The van der Waals surface area contributed by atoms with Crippen molar-refractivity contribution < 1.29 is 8.42 Å². The van der Waals surface area contributed by atoms with Crippen molar-refractivity contribution in [1.29, 1.82) is 5.26 Å². The molecule has 19 heavy (non-hydrogen) atoms. The number of nitriles is 1. The largest absolute Gasteiger partial charge is 0.240 e. The van der Waals surface area contributed by atoms with E-state index < -0.39 is 10.0 Å². The first-order valence-electron chi connectivity index (χ1n) is 6.61. The minimum atomic E-state index is -3.49. The molecule has 1 aromatic carbocycles. The Morgan fingerprint density at radius 1 is 1.26 bits per heavy atom. The van der Waals surface area contributed by atoms with E-state index in [-0.39, 0.29) is 4.90 Å². The zero-order chi connectivity index (χ0) is 13.7. The van der Waals surface area contributed by atoms with E-state index in [0.29, 0.717) is 18.0 Å². The van der Waals surface area contributed by atoms with Gasteiger partial charge in [0, 0.05) is 6.54 Å². The molecule has 1 aliphatic carbocycles. The van der Waals surface area contributed by atoms with Crippen molar-refractivity contribution >= 4 is 10.0 Å². The van der Waals surface area contributed by atoms with Gasteiger partial charge in [-0.3, -0.25) is 0 Å². The van der Waals surface area contributed by atoms with Gasteiger partial charge in [0.15, 0.2) is 0 Å². The second-order valence-electron chi connectivity index (χ2n) is 5.00. The Balaban J connectivity index is 2.03. The van der Waals surface area contributed by atoms with Crippen LogP contribution in [0, 0.1) is 17.2 Å². The Bertz CT molecular complexity index is 569. The van der Waals surface area contributed by atoms with Crippen molar-refractivity contribution in [3.8, 4) is 6.07 Å². The molecule has 4 nitrogen and oxygen atoms in total. The molecule has 0 unspecified atom stereocenters. The number of hydrogen-bond donors (Lipinski definition) is 1. The summed E-state index contributed by atoms with van der Waals surface area (Å²) in [6, 6.07) is 8.06. The molecule has 0 aliphatic heterocycles. The average molecular weight is 278 g/mol. The van der Waals surface area contributed by atoms with Crippen LogP contribution >= 0.6 is 0 Å². The van der Waals surface area contributed by atoms with Gasteiger partial charge < -0.3 is 0 Å². The van der Waals surface area contributed by atoms with Gasteiger partial charge in [-0.2, -0.15) is 5.26 Å². The lowest BCUT2D eigenvalue weighted by atomic mass is 9.90. The zero-order valence-corrected chi connectivity index (χ0v) is 11.6. The maximum atomic E-state index is 12.1. The van der Waals surface area contributed by atoms with Gasteiger partial charge in [-0.1, -0.05) is 25.3 Å². The molecule has 1 N–H and O–H groups in total. The number of nitrogens with zero attached hydrogens (tertiary/aromatic N) is 1. The fourth-order valence-corrected chi connectivity index (χ4v) is 3.60. The Labute approximate surface area is 114 Å². The van der Waals surface area contributed by atoms with Crippen LogP contribution in [0.15, 0.2) is 29.2 Å². The fourth-order valence-electron chi connectivity index (χ4n) is 2.43. The maximum absolute atomic E-state index is 12.1. The molecule has 1 aromatic rings. The topological polar surface area (TPSA) is 70.0 Å². The van der Waals surface area contributed by atoms with E-state index in [0.717, 1.165) is 12.8 Å². The number of nitrogens with one attached hydrogen (secondary N) is 1. The summed E-state index contributed by atoms with van der Waals surface area (Å²) < 4.78 is 26.9. The van der Waals surface area contributed by atoms with Crippen LogP contribution in [0.5, 0.6) is 0 Å². The Morgan fingerprint density at radius 2 is 2.00 bits per heavy atom. The van der Waals surface area contributed by atoms with Crippen LogP contribution in [0.3, 0.4) is 0 Å². The molecule has 0 aromatic heterocycles. The fraction of sp³-hybridized carbons (Fsp3) is 0.500. The zero-order valence-electron chi connectivity index (χ0n) is 10.8. The van der Waals surface area contributed by atoms with E-state index in [9.17, 15) is 8.42 Å². The van der Waals surface area contributed by atoms with Gasteiger partial charge in [-0.05, 0) is 37.0 Å². The van der Waals surface area contributed by atoms with Crippen molar-refractivity contribution in [2.24, 2.45) is 5.92 Å². The molecule has 0 saturated heterocycles. The van der Waals surface area contributed by atoms with E-state index in [2.05, 4.69) is 4.72 Å². The van der Waals surface area contributed by atoms with Crippen molar-refractivity contribution in [2.45, 2.75) is 37.0 Å². The second kappa shape index (κ2) is 6.18. The summed E-state index contributed by atoms with van der Waals surface area (Å²) in [6.45, 7) is 0.499. The van der Waals surface area contributed by atoms with Gasteiger partial charge in [0.1, 0.15) is 0 Å². The summed E-state index contributed by atoms with van der Waals surface area (Å²) in [6.07, 6.45) is 5.83. The normalized spacial score (nSPS) is 17.0. The molecule has 1 aliphatic rings. The number of rotatable bonds is 4. The summed E-state index contributed by atoms with van der Waals surface area (Å²) >= 11 is 0. The molecule has 0 radical (unpaired) electrons. The van der Waals surface area contributed by atoms with Crippen LogP contribution in [-0.4, -0.2) is 15.0 Å². The third kappa shape index (κ3) is 3.79. The monoisotopic (exact) mass is 278 g/mol. The average Bonchev–Trinajstić information content (AvgIpc) is 2.46. The highest BCUT2D eigenvalue weighted by atomic mass is 32.2. The summed E-state index contributed by atoms with van der Waals surface area (Å²) in [5.74, 6) is 0.447. The minimum Gasteiger partial charge on any atom is -0.211 e. The summed E-state index contributed by atoms with van der Waals surface area (Å²) in [5.41, 5.74) is 0.362. The molecule has 1 saturated carbocycles. The quantitative estimate of drug-likeness (QED) is 0.919. The van der Waals surface area contributed by atoms with Crippen molar-refractivity contribution in [2.75, 3.05) is 6.54 Å². The Hall–Kier alpha value is -1.38. The van der Waals surface area contributed by atoms with Gasteiger partial charge in [0.05, 0.1) is 16.5 Å². The van der Waals surface area contributed by atoms with Gasteiger partial charge in [-0.25, -0.2) is 13.1 Å². The third-order valence-corrected chi connectivity index (χ3v) is 4.98. The first-order valence-corrected chi connectivity index (χ1v) is 8.10. The maximum Gasteiger partial charge on any atom is 0.240 e. The van der Waals surface area contributed by atoms with Gasteiger partial charge in [0.2, 0.25) is 10.0 Å². The van der Waals surface area contributed by atoms with Gasteiger partial charge in [0.25, 0.3) is 0 Å². The molecule has 0 heterocycles. The second-order valence-corrected chi connectivity index (χ2v) is 6.76. The van der Waals surface area contributed by atoms with E-state index in [4.69, 9.17) is 5.26 Å². The van der Waals surface area contributed by atoms with Gasteiger partial charge in [-0.15, -0.1) is 0 Å². The summed E-state index contributed by atoms with van der Waals surface area (Å²) in [4.78, 5) is 0.169. The molecule has 1 fully saturated rings. The number of benzene rings is 1. The van der Waals surface area contributed by atoms with Crippen molar-refractivity contribution in [3.05, 3.63) is 29.8 Å². The van der Waals surface area contributed by atoms with E-state index in [1.165, 1.54) is 31.4 Å². The van der Waals surface area contributed by atoms with E-state index in [1.807, 2.05) is 6.07 Å². The van der Waals surface area contributed by atoms with Gasteiger partial charge >= 0.3 is 0 Å². The molecule has 0 atom stereocenters. The summed E-state index contributed by atoms with van der Waals surface area (Å²) in [7, 11) is -3.49. The van der Waals surface area contributed by atoms with Crippen LogP contribution in [-0.2, 0) is 10.0 Å². The number of hydrogen-bond acceptors (Lipinski definition) is 3. The molecular formula is C14H18N2O2S. The lowest BCUT2D eigenvalue weighted by Crippen LogP contribution is -2.30. The van der Waals surface area contributed by atoms with Crippen LogP contribution in [0.2, 0.25) is 0 Å².